The number of aryl methyl sites for hydroxylation is 2. The molecule has 0 atom stereocenters. The molecule has 1 amide bonds. The lowest BCUT2D eigenvalue weighted by molar-refractivity contribution is 0.0728. The minimum atomic E-state index is 0.0152. The van der Waals surface area contributed by atoms with Crippen molar-refractivity contribution < 1.29 is 9.53 Å². The van der Waals surface area contributed by atoms with Crippen molar-refractivity contribution in [1.29, 1.82) is 0 Å². The Labute approximate surface area is 173 Å². The van der Waals surface area contributed by atoms with Crippen molar-refractivity contribution in [2.75, 3.05) is 13.2 Å². The van der Waals surface area contributed by atoms with E-state index in [1.165, 1.54) is 16.7 Å². The molecule has 0 bridgehead atoms. The van der Waals surface area contributed by atoms with E-state index >= 15 is 0 Å². The van der Waals surface area contributed by atoms with Crippen molar-refractivity contribution in [2.45, 2.75) is 20.4 Å². The van der Waals surface area contributed by atoms with E-state index in [4.69, 9.17) is 4.74 Å². The molecule has 2 aromatic carbocycles. The number of aromatic amines is 1. The molecule has 3 heterocycles. The normalized spacial score (nSPS) is 13.8. The van der Waals surface area contributed by atoms with Gasteiger partial charge in [-0.1, -0.05) is 24.3 Å². The largest absolute Gasteiger partial charge is 0.491 e. The van der Waals surface area contributed by atoms with E-state index in [-0.39, 0.29) is 5.91 Å². The van der Waals surface area contributed by atoms with Gasteiger partial charge in [0, 0.05) is 17.5 Å². The summed E-state index contributed by atoms with van der Waals surface area (Å²) in [6, 6.07) is 16.8. The number of H-pyrrole nitrogens is 1. The molecule has 0 spiro atoms. The number of rotatable bonds is 2. The standard InChI is InChI=1S/C24H22N2O2S/c1-15-3-4-17(11-16(15)2)18-5-6-22-20(12-18)14-26(8-9-28-22)24(27)21-13-19-7-10-29-23(19)25-21/h3-7,10-13,25H,8-9,14H2,1-2H3. The molecule has 4 aromatic rings. The number of hydrogen-bond donors (Lipinski definition) is 1. The Morgan fingerprint density at radius 3 is 2.69 bits per heavy atom. The van der Waals surface area contributed by atoms with Crippen LogP contribution in [0.3, 0.4) is 0 Å². The number of fused-ring (bicyclic) bond motifs is 2. The lowest BCUT2D eigenvalue weighted by Crippen LogP contribution is -2.32. The Hall–Kier alpha value is -3.05. The molecule has 0 aliphatic carbocycles. The van der Waals surface area contributed by atoms with Gasteiger partial charge >= 0.3 is 0 Å². The second kappa shape index (κ2) is 7.08. The highest BCUT2D eigenvalue weighted by Gasteiger charge is 2.23. The average Bonchev–Trinajstić information content (AvgIpc) is 3.25. The maximum Gasteiger partial charge on any atom is 0.270 e. The van der Waals surface area contributed by atoms with E-state index in [0.717, 1.165) is 27.1 Å². The van der Waals surface area contributed by atoms with E-state index in [1.54, 1.807) is 11.3 Å². The third-order valence-corrected chi connectivity index (χ3v) is 6.49. The predicted octanol–water partition coefficient (Wildman–Crippen LogP) is 5.55. The van der Waals surface area contributed by atoms with Gasteiger partial charge in [-0.15, -0.1) is 11.3 Å². The van der Waals surface area contributed by atoms with Gasteiger partial charge in [0.15, 0.2) is 0 Å². The first-order valence-electron chi connectivity index (χ1n) is 9.77. The van der Waals surface area contributed by atoms with Gasteiger partial charge in [0.2, 0.25) is 0 Å². The third-order valence-electron chi connectivity index (χ3n) is 5.64. The zero-order chi connectivity index (χ0) is 20.0. The molecule has 4 nitrogen and oxygen atoms in total. The molecule has 1 aliphatic rings. The van der Waals surface area contributed by atoms with Crippen molar-refractivity contribution in [1.82, 2.24) is 9.88 Å². The predicted molar refractivity (Wildman–Crippen MR) is 118 cm³/mol. The summed E-state index contributed by atoms with van der Waals surface area (Å²) in [5.74, 6) is 0.877. The molecule has 0 saturated heterocycles. The molecule has 1 N–H and O–H groups in total. The number of hydrogen-bond acceptors (Lipinski definition) is 3. The number of thiophene rings is 1. The van der Waals surface area contributed by atoms with E-state index in [0.29, 0.717) is 25.4 Å². The van der Waals surface area contributed by atoms with Crippen LogP contribution < -0.4 is 4.74 Å². The van der Waals surface area contributed by atoms with E-state index in [2.05, 4.69) is 49.2 Å². The Morgan fingerprint density at radius 2 is 1.86 bits per heavy atom. The van der Waals surface area contributed by atoms with Gasteiger partial charge < -0.3 is 14.6 Å². The fourth-order valence-electron chi connectivity index (χ4n) is 3.80. The molecular formula is C24H22N2O2S. The Bertz CT molecular complexity index is 1190. The lowest BCUT2D eigenvalue weighted by atomic mass is 9.98. The summed E-state index contributed by atoms with van der Waals surface area (Å²) in [4.78, 5) is 19.3. The summed E-state index contributed by atoms with van der Waals surface area (Å²) in [5.41, 5.74) is 6.57. The fraction of sp³-hybridized carbons (Fsp3) is 0.208. The first-order chi connectivity index (χ1) is 14.1. The highest BCUT2D eigenvalue weighted by Crippen LogP contribution is 2.31. The van der Waals surface area contributed by atoms with Gasteiger partial charge in [-0.2, -0.15) is 0 Å². The topological polar surface area (TPSA) is 45.3 Å². The van der Waals surface area contributed by atoms with Gasteiger partial charge in [0.05, 0.1) is 6.54 Å². The van der Waals surface area contributed by atoms with E-state index in [9.17, 15) is 4.79 Å². The van der Waals surface area contributed by atoms with Crippen LogP contribution in [0.2, 0.25) is 0 Å². The van der Waals surface area contributed by atoms with Crippen LogP contribution in [0.5, 0.6) is 5.75 Å². The number of carbonyl (C=O) groups is 1. The van der Waals surface area contributed by atoms with Gasteiger partial charge in [-0.05, 0) is 65.7 Å². The van der Waals surface area contributed by atoms with Crippen molar-refractivity contribution >= 4 is 27.5 Å². The van der Waals surface area contributed by atoms with Crippen LogP contribution in [-0.4, -0.2) is 28.9 Å². The van der Waals surface area contributed by atoms with Crippen LogP contribution >= 0.6 is 11.3 Å². The van der Waals surface area contributed by atoms with Crippen LogP contribution in [0, 0.1) is 13.8 Å². The zero-order valence-corrected chi connectivity index (χ0v) is 17.3. The fourth-order valence-corrected chi connectivity index (χ4v) is 4.58. The maximum absolute atomic E-state index is 13.1. The van der Waals surface area contributed by atoms with Crippen LogP contribution in [0.1, 0.15) is 27.2 Å². The molecule has 1 aliphatic heterocycles. The van der Waals surface area contributed by atoms with Gasteiger partial charge in [0.1, 0.15) is 22.9 Å². The molecule has 0 saturated carbocycles. The van der Waals surface area contributed by atoms with Crippen LogP contribution in [0.4, 0.5) is 0 Å². The molecular weight excluding hydrogens is 380 g/mol. The highest BCUT2D eigenvalue weighted by molar-refractivity contribution is 7.16. The quantitative estimate of drug-likeness (QED) is 0.478. The number of carbonyl (C=O) groups excluding carboxylic acids is 1. The molecule has 0 radical (unpaired) electrons. The summed E-state index contributed by atoms with van der Waals surface area (Å²) in [6.45, 7) is 5.86. The first kappa shape index (κ1) is 18.0. The molecule has 146 valence electrons. The van der Waals surface area contributed by atoms with Crippen LogP contribution in [-0.2, 0) is 6.54 Å². The van der Waals surface area contributed by atoms with Crippen molar-refractivity contribution in [3.63, 3.8) is 0 Å². The van der Waals surface area contributed by atoms with Crippen LogP contribution in [0.15, 0.2) is 53.9 Å². The second-order valence-corrected chi connectivity index (χ2v) is 8.50. The van der Waals surface area contributed by atoms with E-state index < -0.39 is 0 Å². The first-order valence-corrected chi connectivity index (χ1v) is 10.7. The monoisotopic (exact) mass is 402 g/mol. The second-order valence-electron chi connectivity index (χ2n) is 7.58. The average molecular weight is 403 g/mol. The molecule has 2 aromatic heterocycles. The molecule has 5 heteroatoms. The number of nitrogens with one attached hydrogen (secondary N) is 1. The lowest BCUT2D eigenvalue weighted by Gasteiger charge is -2.19. The summed E-state index contributed by atoms with van der Waals surface area (Å²) < 4.78 is 5.94. The minimum absolute atomic E-state index is 0.0152. The number of nitrogens with zero attached hydrogens (tertiary/aromatic N) is 1. The molecule has 29 heavy (non-hydrogen) atoms. The Morgan fingerprint density at radius 1 is 1.03 bits per heavy atom. The smallest absolute Gasteiger partial charge is 0.270 e. The Balaban J connectivity index is 1.45. The number of aromatic nitrogens is 1. The molecule has 0 fully saturated rings. The van der Waals surface area contributed by atoms with Crippen molar-refractivity contribution in [3.8, 4) is 16.9 Å². The molecule has 0 unspecified atom stereocenters. The minimum Gasteiger partial charge on any atom is -0.491 e. The third kappa shape index (κ3) is 3.32. The molecule has 5 rings (SSSR count). The maximum atomic E-state index is 13.1. The highest BCUT2D eigenvalue weighted by atomic mass is 32.1. The van der Waals surface area contributed by atoms with Crippen molar-refractivity contribution in [2.24, 2.45) is 0 Å². The summed E-state index contributed by atoms with van der Waals surface area (Å²) in [7, 11) is 0. The summed E-state index contributed by atoms with van der Waals surface area (Å²) in [5, 5.41) is 3.11. The Kier molecular flexibility index (Phi) is 4.40. The number of benzene rings is 2. The number of amides is 1. The summed E-state index contributed by atoms with van der Waals surface area (Å²) in [6.07, 6.45) is 0. The van der Waals surface area contributed by atoms with Gasteiger partial charge in [-0.3, -0.25) is 4.79 Å². The van der Waals surface area contributed by atoms with Gasteiger partial charge in [-0.25, -0.2) is 0 Å². The number of ether oxygens (including phenoxy) is 1. The SMILES string of the molecule is Cc1ccc(-c2ccc3c(c2)CN(C(=O)c2cc4ccsc4[nH]2)CCO3)cc1C. The van der Waals surface area contributed by atoms with Crippen LogP contribution in [0.25, 0.3) is 21.3 Å². The zero-order valence-electron chi connectivity index (χ0n) is 16.5. The van der Waals surface area contributed by atoms with E-state index in [1.807, 2.05) is 28.5 Å². The van der Waals surface area contributed by atoms with Gasteiger partial charge in [0.25, 0.3) is 5.91 Å². The summed E-state index contributed by atoms with van der Waals surface area (Å²) >= 11 is 1.62. The van der Waals surface area contributed by atoms with Crippen molar-refractivity contribution in [3.05, 3.63) is 76.3 Å².